The zero-order chi connectivity index (χ0) is 21.8. The molecule has 0 radical (unpaired) electrons. The Hall–Kier alpha value is -3.01. The van der Waals surface area contributed by atoms with Gasteiger partial charge in [-0.3, -0.25) is 0 Å². The van der Waals surface area contributed by atoms with Gasteiger partial charge < -0.3 is 14.4 Å². The van der Waals surface area contributed by atoms with Gasteiger partial charge in [0.25, 0.3) is 0 Å². The van der Waals surface area contributed by atoms with Crippen LogP contribution in [0.5, 0.6) is 5.75 Å². The number of nitrogens with zero attached hydrogens (tertiary/aromatic N) is 3. The number of hydrogen-bond donors (Lipinski definition) is 0. The van der Waals surface area contributed by atoms with Gasteiger partial charge in [-0.2, -0.15) is 5.26 Å². The molecule has 3 rings (SSSR count). The van der Waals surface area contributed by atoms with Crippen LogP contribution in [-0.2, 0) is 9.53 Å². The minimum absolute atomic E-state index is 0.295. The molecule has 2 aromatic carbocycles. The number of hydrogen-bond acceptors (Lipinski definition) is 6. The Morgan fingerprint density at radius 3 is 2.57 bits per heavy atom. The van der Waals surface area contributed by atoms with Gasteiger partial charge in [0.05, 0.1) is 17.2 Å². The van der Waals surface area contributed by atoms with E-state index in [0.29, 0.717) is 39.3 Å². The fourth-order valence-electron chi connectivity index (χ4n) is 2.87. The van der Waals surface area contributed by atoms with Gasteiger partial charge in [0.15, 0.2) is 6.10 Å². The Kier molecular flexibility index (Phi) is 6.66. The number of nitriles is 1. The highest BCUT2D eigenvalue weighted by Gasteiger charge is 2.16. The largest absolute Gasteiger partial charge is 0.479 e. The van der Waals surface area contributed by atoms with E-state index >= 15 is 0 Å². The summed E-state index contributed by atoms with van der Waals surface area (Å²) < 4.78 is 10.6. The number of halogens is 2. The molecule has 8 heteroatoms. The van der Waals surface area contributed by atoms with E-state index in [-0.39, 0.29) is 0 Å². The number of benzene rings is 2. The van der Waals surface area contributed by atoms with E-state index < -0.39 is 12.1 Å². The molecule has 0 bridgehead atoms. The van der Waals surface area contributed by atoms with Crippen LogP contribution in [0.1, 0.15) is 19.4 Å². The Morgan fingerprint density at radius 2 is 1.93 bits per heavy atom. The molecule has 0 aliphatic heterocycles. The van der Waals surface area contributed by atoms with Gasteiger partial charge >= 0.3 is 5.97 Å². The van der Waals surface area contributed by atoms with Crippen molar-refractivity contribution in [2.24, 2.45) is 0 Å². The molecule has 1 atom stereocenters. The van der Waals surface area contributed by atoms with Crippen molar-refractivity contribution >= 4 is 51.4 Å². The van der Waals surface area contributed by atoms with Crippen LogP contribution in [0.3, 0.4) is 0 Å². The summed E-state index contributed by atoms with van der Waals surface area (Å²) in [4.78, 5) is 18.0. The summed E-state index contributed by atoms with van der Waals surface area (Å²) in [5, 5.41) is 11.3. The molecular weight excluding hydrogens is 425 g/mol. The third-order valence-electron chi connectivity index (χ3n) is 4.48. The van der Waals surface area contributed by atoms with Crippen LogP contribution in [0.25, 0.3) is 10.8 Å². The van der Waals surface area contributed by atoms with Crippen molar-refractivity contribution in [1.82, 2.24) is 4.98 Å². The molecule has 0 aliphatic carbocycles. The number of esters is 1. The highest BCUT2D eigenvalue weighted by atomic mass is 35.5. The van der Waals surface area contributed by atoms with E-state index in [1.54, 1.807) is 38.1 Å². The van der Waals surface area contributed by atoms with Crippen molar-refractivity contribution in [3.05, 3.63) is 58.2 Å². The first-order valence-electron chi connectivity index (χ1n) is 9.21. The maximum absolute atomic E-state index is 11.7. The fourth-order valence-corrected chi connectivity index (χ4v) is 3.33. The van der Waals surface area contributed by atoms with Crippen LogP contribution in [0.15, 0.2) is 42.5 Å². The first-order chi connectivity index (χ1) is 14.3. The van der Waals surface area contributed by atoms with Gasteiger partial charge in [0.2, 0.25) is 0 Å². The highest BCUT2D eigenvalue weighted by Crippen LogP contribution is 2.33. The van der Waals surface area contributed by atoms with E-state index in [1.807, 2.05) is 30.1 Å². The van der Waals surface area contributed by atoms with Crippen LogP contribution in [-0.4, -0.2) is 30.7 Å². The fraction of sp³-hybridized carbons (Fsp3) is 0.227. The third kappa shape index (κ3) is 4.59. The number of pyridine rings is 1. The Balaban J connectivity index is 1.85. The molecule has 0 spiro atoms. The number of aromatic nitrogens is 1. The van der Waals surface area contributed by atoms with Crippen LogP contribution < -0.4 is 9.64 Å². The maximum Gasteiger partial charge on any atom is 0.347 e. The van der Waals surface area contributed by atoms with E-state index in [0.717, 1.165) is 11.1 Å². The van der Waals surface area contributed by atoms with Crippen molar-refractivity contribution in [2.75, 3.05) is 18.6 Å². The maximum atomic E-state index is 11.7. The Labute approximate surface area is 184 Å². The Bertz CT molecular complexity index is 1130. The minimum atomic E-state index is -0.698. The number of rotatable bonds is 6. The molecular formula is C22H19Cl2N3O3. The lowest BCUT2D eigenvalue weighted by molar-refractivity contribution is -0.150. The molecule has 0 fully saturated rings. The zero-order valence-corrected chi connectivity index (χ0v) is 18.2. The highest BCUT2D eigenvalue weighted by molar-refractivity contribution is 6.36. The second-order valence-electron chi connectivity index (χ2n) is 6.50. The molecule has 0 saturated carbocycles. The minimum Gasteiger partial charge on any atom is -0.479 e. The second kappa shape index (κ2) is 9.21. The van der Waals surface area contributed by atoms with Gasteiger partial charge in [0.1, 0.15) is 22.8 Å². The molecule has 0 N–H and O–H groups in total. The predicted molar refractivity (Wildman–Crippen MR) is 118 cm³/mol. The summed E-state index contributed by atoms with van der Waals surface area (Å²) in [5.41, 5.74) is 1.21. The predicted octanol–water partition coefficient (Wildman–Crippen LogP) is 5.51. The van der Waals surface area contributed by atoms with E-state index in [4.69, 9.17) is 32.7 Å². The van der Waals surface area contributed by atoms with E-state index in [1.165, 1.54) is 0 Å². The molecule has 30 heavy (non-hydrogen) atoms. The average molecular weight is 444 g/mol. The summed E-state index contributed by atoms with van der Waals surface area (Å²) >= 11 is 12.5. The molecule has 3 aromatic rings. The van der Waals surface area contributed by atoms with Gasteiger partial charge in [-0.25, -0.2) is 9.78 Å². The second-order valence-corrected chi connectivity index (χ2v) is 7.27. The lowest BCUT2D eigenvalue weighted by Crippen LogP contribution is -2.26. The van der Waals surface area contributed by atoms with Crippen LogP contribution in [0.2, 0.25) is 10.2 Å². The molecule has 1 heterocycles. The quantitative estimate of drug-likeness (QED) is 0.369. The van der Waals surface area contributed by atoms with Gasteiger partial charge in [-0.15, -0.1) is 0 Å². The monoisotopic (exact) mass is 443 g/mol. The molecule has 154 valence electrons. The molecule has 0 amide bonds. The van der Waals surface area contributed by atoms with Crippen molar-refractivity contribution in [3.63, 3.8) is 0 Å². The van der Waals surface area contributed by atoms with Crippen molar-refractivity contribution in [2.45, 2.75) is 20.0 Å². The topological polar surface area (TPSA) is 75.5 Å². The smallest absolute Gasteiger partial charge is 0.347 e. The molecule has 1 aromatic heterocycles. The lowest BCUT2D eigenvalue weighted by atomic mass is 10.1. The summed E-state index contributed by atoms with van der Waals surface area (Å²) in [6.07, 6.45) is -0.698. The number of fused-ring (bicyclic) bond motifs is 1. The van der Waals surface area contributed by atoms with Crippen molar-refractivity contribution in [3.8, 4) is 11.8 Å². The van der Waals surface area contributed by atoms with Gasteiger partial charge in [-0.05, 0) is 61.7 Å². The standard InChI is InChI=1S/C22H19Cl2N3O3/c1-4-29-22(28)13(2)30-17-7-5-16(6-8-17)27(3)20-10-14-9-15(12-25)19(23)11-18(14)21(24)26-20/h5-11,13H,4H2,1-3H3. The Morgan fingerprint density at radius 1 is 1.23 bits per heavy atom. The van der Waals surface area contributed by atoms with Crippen LogP contribution in [0.4, 0.5) is 11.5 Å². The molecule has 0 aliphatic rings. The van der Waals surface area contributed by atoms with Gasteiger partial charge in [-0.1, -0.05) is 23.2 Å². The summed E-state index contributed by atoms with van der Waals surface area (Å²) in [7, 11) is 1.85. The molecule has 6 nitrogen and oxygen atoms in total. The summed E-state index contributed by atoms with van der Waals surface area (Å²) in [6, 6.07) is 14.5. The third-order valence-corrected chi connectivity index (χ3v) is 5.08. The lowest BCUT2D eigenvalue weighted by Gasteiger charge is -2.20. The summed E-state index contributed by atoms with van der Waals surface area (Å²) in [6.45, 7) is 3.69. The first-order valence-corrected chi connectivity index (χ1v) is 9.96. The van der Waals surface area contributed by atoms with Crippen LogP contribution >= 0.6 is 23.2 Å². The van der Waals surface area contributed by atoms with Crippen LogP contribution in [0, 0.1) is 11.3 Å². The van der Waals surface area contributed by atoms with E-state index in [9.17, 15) is 10.1 Å². The average Bonchev–Trinajstić information content (AvgIpc) is 2.74. The number of ether oxygens (including phenoxy) is 2. The van der Waals surface area contributed by atoms with Crippen molar-refractivity contribution < 1.29 is 14.3 Å². The van der Waals surface area contributed by atoms with Crippen molar-refractivity contribution in [1.29, 1.82) is 5.26 Å². The van der Waals surface area contributed by atoms with E-state index in [2.05, 4.69) is 11.1 Å². The SMILES string of the molecule is CCOC(=O)C(C)Oc1ccc(N(C)c2cc3cc(C#N)c(Cl)cc3c(Cl)n2)cc1. The molecule has 0 saturated heterocycles. The number of carbonyl (C=O) groups is 1. The summed E-state index contributed by atoms with van der Waals surface area (Å²) in [5.74, 6) is 0.739. The zero-order valence-electron chi connectivity index (χ0n) is 16.6. The van der Waals surface area contributed by atoms with Gasteiger partial charge in [0, 0.05) is 18.1 Å². The number of anilines is 2. The number of carbonyl (C=O) groups excluding carboxylic acids is 1. The molecule has 1 unspecified atom stereocenters. The normalized spacial score (nSPS) is 11.6. The first kappa shape index (κ1) is 21.7.